The summed E-state index contributed by atoms with van der Waals surface area (Å²) in [4.78, 5) is 0. The summed E-state index contributed by atoms with van der Waals surface area (Å²) in [7, 11) is 0. The number of benzene rings is 9. The van der Waals surface area contributed by atoms with Crippen molar-refractivity contribution in [3.8, 4) is 33.4 Å². The van der Waals surface area contributed by atoms with Crippen molar-refractivity contribution in [2.45, 2.75) is 6.18 Å². The fourth-order valence-corrected chi connectivity index (χ4v) is 7.37. The van der Waals surface area contributed by atoms with Crippen LogP contribution < -0.4 is 0 Å². The predicted molar refractivity (Wildman–Crippen MR) is 186 cm³/mol. The Labute approximate surface area is 267 Å². The molecular weight excluding hydrogens is 592 g/mol. The Kier molecular flexibility index (Phi) is 5.94. The van der Waals surface area contributed by atoms with Gasteiger partial charge in [-0.15, -0.1) is 0 Å². The Balaban J connectivity index is 1.26. The molecule has 0 radical (unpaired) electrons. The first-order chi connectivity index (χ1) is 22.8. The van der Waals surface area contributed by atoms with E-state index in [-0.39, 0.29) is 5.82 Å². The maximum atomic E-state index is 13.9. The van der Waals surface area contributed by atoms with E-state index >= 15 is 0 Å². The van der Waals surface area contributed by atoms with Crippen LogP contribution in [0.25, 0.3) is 87.2 Å². The maximum Gasteiger partial charge on any atom is 0.416 e. The molecule has 0 bridgehead atoms. The highest BCUT2D eigenvalue weighted by Gasteiger charge is 2.30. The Morgan fingerprint density at radius 3 is 1.17 bits per heavy atom. The number of hydrogen-bond acceptors (Lipinski definition) is 0. The minimum absolute atomic E-state index is 0.260. The van der Waals surface area contributed by atoms with Crippen molar-refractivity contribution in [1.82, 2.24) is 0 Å². The number of halogens is 4. The first kappa shape index (κ1) is 27.6. The Morgan fingerprint density at radius 2 is 0.745 bits per heavy atom. The monoisotopic (exact) mass is 616 g/mol. The average Bonchev–Trinajstić information content (AvgIpc) is 3.09. The highest BCUT2D eigenvalue weighted by molar-refractivity contribution is 6.26. The Hall–Kier alpha value is -5.74. The van der Waals surface area contributed by atoms with Gasteiger partial charge >= 0.3 is 6.18 Å². The molecule has 0 N–H and O–H groups in total. The van der Waals surface area contributed by atoms with E-state index < -0.39 is 11.7 Å². The molecule has 0 atom stereocenters. The van der Waals surface area contributed by atoms with E-state index in [1.54, 1.807) is 0 Å². The first-order valence-corrected chi connectivity index (χ1v) is 15.4. The minimum atomic E-state index is -4.37. The summed E-state index contributed by atoms with van der Waals surface area (Å²) in [5.74, 6) is -0.260. The van der Waals surface area contributed by atoms with Crippen molar-refractivity contribution >= 4 is 53.9 Å². The van der Waals surface area contributed by atoms with Crippen LogP contribution in [0, 0.1) is 5.82 Å². The van der Waals surface area contributed by atoms with Crippen LogP contribution in [0.2, 0.25) is 0 Å². The molecule has 0 nitrogen and oxygen atoms in total. The zero-order valence-corrected chi connectivity index (χ0v) is 24.9. The van der Waals surface area contributed by atoms with Gasteiger partial charge in [0.25, 0.3) is 0 Å². The number of fused-ring (bicyclic) bond motifs is 2. The minimum Gasteiger partial charge on any atom is -0.207 e. The van der Waals surface area contributed by atoms with Crippen LogP contribution in [0.4, 0.5) is 17.6 Å². The van der Waals surface area contributed by atoms with Crippen molar-refractivity contribution in [1.29, 1.82) is 0 Å². The van der Waals surface area contributed by atoms with Gasteiger partial charge in [-0.3, -0.25) is 0 Å². The topological polar surface area (TPSA) is 0 Å². The number of hydrogen-bond donors (Lipinski definition) is 0. The lowest BCUT2D eigenvalue weighted by Gasteiger charge is -2.19. The molecule has 9 aromatic carbocycles. The van der Waals surface area contributed by atoms with Crippen LogP contribution in [0.1, 0.15) is 5.56 Å². The molecule has 0 aliphatic rings. The van der Waals surface area contributed by atoms with Crippen LogP contribution in [-0.4, -0.2) is 0 Å². The second-order valence-corrected chi connectivity index (χ2v) is 12.1. The van der Waals surface area contributed by atoms with E-state index in [4.69, 9.17) is 0 Å². The SMILES string of the molecule is Fc1ccc(-c2c3ccccc3c(-c3cc4ccc5cc(-c6ccc(C(F)(F)F)cc6)cc6ccc(c3)c4c56)c3ccccc23)cc1. The van der Waals surface area contributed by atoms with Gasteiger partial charge in [-0.2, -0.15) is 13.2 Å². The van der Waals surface area contributed by atoms with Crippen LogP contribution in [0.15, 0.2) is 146 Å². The number of rotatable bonds is 3. The van der Waals surface area contributed by atoms with Gasteiger partial charge in [0.1, 0.15) is 5.82 Å². The number of alkyl halides is 3. The summed E-state index contributed by atoms with van der Waals surface area (Å²) < 4.78 is 53.4. The van der Waals surface area contributed by atoms with Crippen molar-refractivity contribution in [3.63, 3.8) is 0 Å². The molecule has 0 fully saturated rings. The fourth-order valence-electron chi connectivity index (χ4n) is 7.37. The highest BCUT2D eigenvalue weighted by atomic mass is 19.4. The van der Waals surface area contributed by atoms with Gasteiger partial charge in [-0.1, -0.05) is 97.1 Å². The largest absolute Gasteiger partial charge is 0.416 e. The quantitative estimate of drug-likeness (QED) is 0.105. The molecule has 0 saturated carbocycles. The molecule has 4 heteroatoms. The van der Waals surface area contributed by atoms with Crippen LogP contribution in [0.3, 0.4) is 0 Å². The lowest BCUT2D eigenvalue weighted by Crippen LogP contribution is -2.03. The molecule has 47 heavy (non-hydrogen) atoms. The van der Waals surface area contributed by atoms with Gasteiger partial charge in [-0.05, 0) is 136 Å². The molecule has 0 amide bonds. The molecule has 0 spiro atoms. The molecular formula is C43H24F4. The average molecular weight is 617 g/mol. The van der Waals surface area contributed by atoms with Crippen LogP contribution in [0.5, 0.6) is 0 Å². The summed E-state index contributed by atoms with van der Waals surface area (Å²) in [6.07, 6.45) is -4.37. The van der Waals surface area contributed by atoms with Gasteiger partial charge in [-0.25, -0.2) is 4.39 Å². The van der Waals surface area contributed by atoms with E-state index in [0.29, 0.717) is 0 Å². The third-order valence-corrected chi connectivity index (χ3v) is 9.43. The van der Waals surface area contributed by atoms with E-state index in [0.717, 1.165) is 94.0 Å². The molecule has 9 rings (SSSR count). The second kappa shape index (κ2) is 10.1. The van der Waals surface area contributed by atoms with Gasteiger partial charge in [0.05, 0.1) is 5.56 Å². The van der Waals surface area contributed by atoms with E-state index in [1.165, 1.54) is 29.7 Å². The van der Waals surface area contributed by atoms with Crippen molar-refractivity contribution in [3.05, 3.63) is 157 Å². The normalized spacial score (nSPS) is 12.3. The summed E-state index contributed by atoms with van der Waals surface area (Å²) in [5, 5.41) is 11.1. The van der Waals surface area contributed by atoms with Gasteiger partial charge < -0.3 is 0 Å². The zero-order chi connectivity index (χ0) is 31.9. The Bertz CT molecular complexity index is 2520. The van der Waals surface area contributed by atoms with E-state index in [1.807, 2.05) is 24.3 Å². The van der Waals surface area contributed by atoms with Crippen molar-refractivity contribution < 1.29 is 17.6 Å². The molecule has 0 unspecified atom stereocenters. The maximum absolute atomic E-state index is 13.9. The highest BCUT2D eigenvalue weighted by Crippen LogP contribution is 2.46. The molecule has 224 valence electrons. The summed E-state index contributed by atoms with van der Waals surface area (Å²) in [6.45, 7) is 0. The predicted octanol–water partition coefficient (Wildman–Crippen LogP) is 13.0. The van der Waals surface area contributed by atoms with E-state index in [9.17, 15) is 17.6 Å². The summed E-state index contributed by atoms with van der Waals surface area (Å²) >= 11 is 0. The zero-order valence-electron chi connectivity index (χ0n) is 24.9. The molecule has 0 aromatic heterocycles. The third-order valence-electron chi connectivity index (χ3n) is 9.43. The summed E-state index contributed by atoms with van der Waals surface area (Å²) in [6, 6.07) is 46.1. The first-order valence-electron chi connectivity index (χ1n) is 15.4. The van der Waals surface area contributed by atoms with Gasteiger partial charge in [0.2, 0.25) is 0 Å². The molecule has 0 aliphatic carbocycles. The van der Waals surface area contributed by atoms with Gasteiger partial charge in [0.15, 0.2) is 0 Å². The van der Waals surface area contributed by atoms with Crippen molar-refractivity contribution in [2.24, 2.45) is 0 Å². The Morgan fingerprint density at radius 1 is 0.362 bits per heavy atom. The second-order valence-electron chi connectivity index (χ2n) is 12.1. The molecule has 0 aliphatic heterocycles. The lowest BCUT2D eigenvalue weighted by atomic mass is 9.84. The molecule has 0 heterocycles. The van der Waals surface area contributed by atoms with Gasteiger partial charge in [0, 0.05) is 0 Å². The smallest absolute Gasteiger partial charge is 0.207 e. The van der Waals surface area contributed by atoms with Crippen molar-refractivity contribution in [2.75, 3.05) is 0 Å². The van der Waals surface area contributed by atoms with E-state index in [2.05, 4.69) is 84.9 Å². The van der Waals surface area contributed by atoms with Crippen LogP contribution in [-0.2, 0) is 6.18 Å². The lowest BCUT2D eigenvalue weighted by molar-refractivity contribution is -0.137. The third kappa shape index (κ3) is 4.36. The molecule has 0 saturated heterocycles. The standard InChI is InChI=1S/C43H24F4/c44-34-19-15-26(16-20-34)41-35-5-1-3-7-37(35)42(38-8-4-2-6-36(38)41)32-23-29-11-9-27-21-31(25-13-17-33(18-14-25)43(45,46)47)22-28-10-12-30(24-32)40(29)39(27)28/h1-24H. The fraction of sp³-hybridized carbons (Fsp3) is 0.0233. The van der Waals surface area contributed by atoms with Crippen LogP contribution >= 0.6 is 0 Å². The summed E-state index contributed by atoms with van der Waals surface area (Å²) in [5.41, 5.74) is 5.29. The molecule has 9 aromatic rings.